The first-order valence-corrected chi connectivity index (χ1v) is 16.3. The summed E-state index contributed by atoms with van der Waals surface area (Å²) in [6, 6.07) is 24.0. The molecule has 13 heteroatoms. The first-order valence-electron chi connectivity index (χ1n) is 10.2. The highest BCUT2D eigenvalue weighted by Gasteiger charge is 2.17. The summed E-state index contributed by atoms with van der Waals surface area (Å²) < 4.78 is 68.8. The van der Waals surface area contributed by atoms with Crippen LogP contribution in [0.3, 0.4) is 0 Å². The van der Waals surface area contributed by atoms with Gasteiger partial charge in [0.15, 0.2) is 0 Å². The van der Waals surface area contributed by atoms with Gasteiger partial charge in [-0.15, -0.1) is 0 Å². The number of rotatable bonds is 5. The lowest BCUT2D eigenvalue weighted by Crippen LogP contribution is -2.02. The van der Waals surface area contributed by atoms with Crippen molar-refractivity contribution in [1.29, 1.82) is 0 Å². The van der Waals surface area contributed by atoms with Crippen LogP contribution < -0.4 is 11.5 Å². The summed E-state index contributed by atoms with van der Waals surface area (Å²) >= 11 is 0. The molecule has 0 aliphatic rings. The van der Waals surface area contributed by atoms with Crippen LogP contribution in [-0.4, -0.2) is 25.3 Å². The zero-order valence-corrected chi connectivity index (χ0v) is 22.8. The van der Waals surface area contributed by atoms with Gasteiger partial charge in [-0.1, -0.05) is 24.3 Å². The number of nitrogens with two attached hydrogens (primary N) is 2. The first-order chi connectivity index (χ1) is 17.2. The molecule has 194 valence electrons. The number of sulfone groups is 1. The molecule has 0 unspecified atom stereocenters. The molecule has 0 radical (unpaired) electrons. The zero-order chi connectivity index (χ0) is 27.4. The number of hydrogen-bond acceptors (Lipinski definition) is 8. The van der Waals surface area contributed by atoms with Crippen molar-refractivity contribution in [2.75, 3.05) is 11.5 Å². The Morgan fingerprint density at radius 1 is 0.405 bits per heavy atom. The highest BCUT2D eigenvalue weighted by atomic mass is 35.7. The van der Waals surface area contributed by atoms with Crippen LogP contribution in [0.2, 0.25) is 0 Å². The lowest BCUT2D eigenvalue weighted by molar-refractivity contribution is 0.596. The summed E-state index contributed by atoms with van der Waals surface area (Å²) in [4.78, 5) is 0.443. The van der Waals surface area contributed by atoms with Gasteiger partial charge < -0.3 is 11.5 Å². The Labute approximate surface area is 224 Å². The fourth-order valence-corrected chi connectivity index (χ4v) is 5.85. The van der Waals surface area contributed by atoms with Crippen LogP contribution in [0.4, 0.5) is 11.4 Å². The molecule has 0 aromatic heterocycles. The molecule has 0 spiro atoms. The highest BCUT2D eigenvalue weighted by molar-refractivity contribution is 8.14. The molecular formula is C24H20Cl2N2O6S3. The van der Waals surface area contributed by atoms with Gasteiger partial charge in [-0.05, 0) is 83.9 Å². The van der Waals surface area contributed by atoms with E-state index < -0.39 is 27.9 Å². The average Bonchev–Trinajstić information content (AvgIpc) is 2.84. The van der Waals surface area contributed by atoms with Gasteiger partial charge >= 0.3 is 0 Å². The number of benzene rings is 4. The Balaban J connectivity index is 0.000000208. The summed E-state index contributed by atoms with van der Waals surface area (Å²) in [5.74, 6) is 0. The predicted molar refractivity (Wildman–Crippen MR) is 145 cm³/mol. The molecule has 0 saturated heterocycles. The summed E-state index contributed by atoms with van der Waals surface area (Å²) in [5.41, 5.74) is 13.6. The van der Waals surface area contributed by atoms with E-state index in [9.17, 15) is 25.3 Å². The molecule has 4 aromatic rings. The fraction of sp³-hybridized carbons (Fsp3) is 0. The molecule has 37 heavy (non-hydrogen) atoms. The zero-order valence-electron chi connectivity index (χ0n) is 18.8. The fourth-order valence-electron chi connectivity index (χ4n) is 3.05. The minimum Gasteiger partial charge on any atom is -0.399 e. The van der Waals surface area contributed by atoms with E-state index in [-0.39, 0.29) is 19.6 Å². The predicted octanol–water partition coefficient (Wildman–Crippen LogP) is 4.89. The Morgan fingerprint density at radius 2 is 0.649 bits per heavy atom. The highest BCUT2D eigenvalue weighted by Crippen LogP contribution is 2.25. The van der Waals surface area contributed by atoms with E-state index >= 15 is 0 Å². The molecule has 0 bridgehead atoms. The van der Waals surface area contributed by atoms with Gasteiger partial charge in [0.2, 0.25) is 9.84 Å². The average molecular weight is 600 g/mol. The SMILES string of the molecule is Nc1ccc(S(=O)(=O)c2ccc(N)cc2)cc1.O=S(=O)(Cl)c1ccc(-c2ccc(S(=O)(=O)Cl)cc2)cc1. The lowest BCUT2D eigenvalue weighted by Gasteiger charge is -2.05. The second-order valence-corrected chi connectivity index (χ2v) is 14.6. The molecule has 0 saturated carbocycles. The van der Waals surface area contributed by atoms with Gasteiger partial charge in [0.05, 0.1) is 19.6 Å². The van der Waals surface area contributed by atoms with Crippen molar-refractivity contribution >= 4 is 60.7 Å². The van der Waals surface area contributed by atoms with Gasteiger partial charge in [-0.25, -0.2) is 25.3 Å². The molecule has 4 aromatic carbocycles. The molecule has 0 aliphatic heterocycles. The number of hydrogen-bond donors (Lipinski definition) is 2. The van der Waals surface area contributed by atoms with Crippen LogP contribution in [0.25, 0.3) is 11.1 Å². The van der Waals surface area contributed by atoms with Crippen molar-refractivity contribution in [1.82, 2.24) is 0 Å². The van der Waals surface area contributed by atoms with Crippen molar-refractivity contribution in [2.45, 2.75) is 19.6 Å². The van der Waals surface area contributed by atoms with Gasteiger partial charge in [0.25, 0.3) is 18.1 Å². The third-order valence-corrected chi connectivity index (χ3v) is 9.51. The monoisotopic (exact) mass is 598 g/mol. The van der Waals surface area contributed by atoms with Crippen molar-refractivity contribution in [3.63, 3.8) is 0 Å². The topological polar surface area (TPSA) is 154 Å². The summed E-state index contributed by atoms with van der Waals surface area (Å²) in [5, 5.41) is 0. The van der Waals surface area contributed by atoms with Crippen LogP contribution in [0.15, 0.2) is 117 Å². The van der Waals surface area contributed by atoms with E-state index in [1.165, 1.54) is 48.5 Å². The van der Waals surface area contributed by atoms with E-state index in [0.717, 1.165) is 11.1 Å². The van der Waals surface area contributed by atoms with E-state index in [0.29, 0.717) is 11.4 Å². The Hall–Kier alpha value is -3.09. The molecule has 4 N–H and O–H groups in total. The maximum atomic E-state index is 12.2. The quantitative estimate of drug-likeness (QED) is 0.243. The number of halogens is 2. The van der Waals surface area contributed by atoms with Crippen molar-refractivity contribution < 1.29 is 25.3 Å². The first kappa shape index (κ1) is 28.5. The van der Waals surface area contributed by atoms with Crippen molar-refractivity contribution in [3.8, 4) is 11.1 Å². The molecule has 0 fully saturated rings. The number of nitrogen functional groups attached to an aromatic ring is 2. The van der Waals surface area contributed by atoms with E-state index in [2.05, 4.69) is 0 Å². The smallest absolute Gasteiger partial charge is 0.261 e. The summed E-state index contributed by atoms with van der Waals surface area (Å²) in [6.07, 6.45) is 0. The Bertz CT molecular complexity index is 1580. The van der Waals surface area contributed by atoms with Crippen LogP contribution >= 0.6 is 21.4 Å². The van der Waals surface area contributed by atoms with E-state index in [1.54, 1.807) is 48.5 Å². The van der Waals surface area contributed by atoms with Gasteiger partial charge in [-0.3, -0.25) is 0 Å². The standard InChI is InChI=1S/C12H8Cl2O4S2.C12H12N2O2S/c13-19(15,16)11-5-1-9(2-6-11)10-3-7-12(8-4-10)20(14,17)18;13-9-1-5-11(6-2-9)17(15,16)12-7-3-10(14)4-8-12/h1-8H;1-8H,13-14H2. The molecule has 8 nitrogen and oxygen atoms in total. The molecule has 0 atom stereocenters. The van der Waals surface area contributed by atoms with Crippen LogP contribution in [0, 0.1) is 0 Å². The van der Waals surface area contributed by atoms with Crippen LogP contribution in [-0.2, 0) is 27.9 Å². The van der Waals surface area contributed by atoms with Crippen molar-refractivity contribution in [2.24, 2.45) is 0 Å². The molecular weight excluding hydrogens is 579 g/mol. The van der Waals surface area contributed by atoms with E-state index in [4.69, 9.17) is 32.8 Å². The van der Waals surface area contributed by atoms with Gasteiger partial charge in [-0.2, -0.15) is 0 Å². The second kappa shape index (κ2) is 11.1. The molecule has 4 rings (SSSR count). The van der Waals surface area contributed by atoms with Crippen LogP contribution in [0.5, 0.6) is 0 Å². The third kappa shape index (κ3) is 7.46. The summed E-state index contributed by atoms with van der Waals surface area (Å²) in [7, 11) is -0.551. The third-order valence-electron chi connectivity index (χ3n) is 4.99. The Morgan fingerprint density at radius 3 is 0.892 bits per heavy atom. The van der Waals surface area contributed by atoms with Gasteiger partial charge in [0.1, 0.15) is 0 Å². The summed E-state index contributed by atoms with van der Waals surface area (Å²) in [6.45, 7) is 0. The van der Waals surface area contributed by atoms with Crippen LogP contribution in [0.1, 0.15) is 0 Å². The largest absolute Gasteiger partial charge is 0.399 e. The minimum absolute atomic E-state index is 0.00266. The van der Waals surface area contributed by atoms with E-state index in [1.807, 2.05) is 0 Å². The molecule has 0 aliphatic carbocycles. The maximum Gasteiger partial charge on any atom is 0.261 e. The molecule has 0 heterocycles. The maximum absolute atomic E-state index is 12.2. The number of anilines is 2. The Kier molecular flexibility index (Phi) is 8.56. The minimum atomic E-state index is -3.75. The molecule has 0 amide bonds. The van der Waals surface area contributed by atoms with Gasteiger partial charge in [0, 0.05) is 32.7 Å². The normalized spacial score (nSPS) is 11.8. The second-order valence-electron chi connectivity index (χ2n) is 7.57. The van der Waals surface area contributed by atoms with Crippen molar-refractivity contribution in [3.05, 3.63) is 97.1 Å². The lowest BCUT2D eigenvalue weighted by atomic mass is 10.1.